The number of sulfonamides is 1. The molecule has 3 rings (SSSR count). The predicted molar refractivity (Wildman–Crippen MR) is 130 cm³/mol. The number of hydrogen-bond donors (Lipinski definition) is 3. The van der Waals surface area contributed by atoms with Gasteiger partial charge in [-0.15, -0.1) is 0 Å². The maximum Gasteiger partial charge on any atom is 0.328 e. The quantitative estimate of drug-likeness (QED) is 0.592. The van der Waals surface area contributed by atoms with E-state index in [0.29, 0.717) is 16.9 Å². The van der Waals surface area contributed by atoms with Gasteiger partial charge in [0, 0.05) is 31.3 Å². The first-order valence-corrected chi connectivity index (χ1v) is 12.4. The molecule has 1 aliphatic rings. The maximum absolute atomic E-state index is 13.1. The highest BCUT2D eigenvalue weighted by Crippen LogP contribution is 2.38. The number of rotatable bonds is 5. The summed E-state index contributed by atoms with van der Waals surface area (Å²) in [5.74, 6) is -1.32. The molecule has 2 aromatic carbocycles. The van der Waals surface area contributed by atoms with Crippen LogP contribution in [0.5, 0.6) is 5.75 Å². The van der Waals surface area contributed by atoms with Gasteiger partial charge in [0.25, 0.3) is 5.91 Å². The average molecular weight is 489 g/mol. The van der Waals surface area contributed by atoms with E-state index < -0.39 is 33.3 Å². The molecule has 34 heavy (non-hydrogen) atoms. The largest absolute Gasteiger partial charge is 0.507 e. The minimum Gasteiger partial charge on any atom is -0.507 e. The Balaban J connectivity index is 1.99. The summed E-state index contributed by atoms with van der Waals surface area (Å²) in [7, 11) is -2.02. The van der Waals surface area contributed by atoms with Gasteiger partial charge < -0.3 is 15.7 Å². The molecule has 1 saturated heterocycles. The number of aromatic hydroxyl groups is 1. The summed E-state index contributed by atoms with van der Waals surface area (Å²) in [5.41, 5.74) is 0.652. The number of nitrogens with zero attached hydrogens (tertiary/aromatic N) is 2. The smallest absolute Gasteiger partial charge is 0.328 e. The molecule has 4 amide bonds. The minimum atomic E-state index is -3.44. The molecule has 0 radical (unpaired) electrons. The van der Waals surface area contributed by atoms with Gasteiger partial charge in [-0.1, -0.05) is 20.8 Å². The Morgan fingerprint density at radius 2 is 1.76 bits per heavy atom. The molecule has 182 valence electrons. The van der Waals surface area contributed by atoms with E-state index in [9.17, 15) is 27.9 Å². The number of phenolic OH excluding ortho intramolecular Hbond substituents is 1. The molecule has 0 bridgehead atoms. The Bertz CT molecular complexity index is 1230. The van der Waals surface area contributed by atoms with Crippen molar-refractivity contribution in [3.63, 3.8) is 0 Å². The van der Waals surface area contributed by atoms with E-state index in [1.165, 1.54) is 43.4 Å². The Hall–Kier alpha value is -3.60. The maximum atomic E-state index is 13.1. The van der Waals surface area contributed by atoms with E-state index in [0.717, 1.165) is 15.5 Å². The Morgan fingerprint density at radius 1 is 1.15 bits per heavy atom. The predicted octanol–water partition coefficient (Wildman–Crippen LogP) is 2.78. The first-order chi connectivity index (χ1) is 15.7. The van der Waals surface area contributed by atoms with E-state index in [-0.39, 0.29) is 30.0 Å². The molecule has 10 nitrogen and oxygen atoms in total. The van der Waals surface area contributed by atoms with Gasteiger partial charge in [-0.2, -0.15) is 0 Å². The van der Waals surface area contributed by atoms with Gasteiger partial charge in [-0.25, -0.2) is 18.1 Å². The summed E-state index contributed by atoms with van der Waals surface area (Å²) in [6.45, 7) is 5.74. The summed E-state index contributed by atoms with van der Waals surface area (Å²) in [6, 6.07) is 8.36. The van der Waals surface area contributed by atoms with Crippen molar-refractivity contribution in [2.24, 2.45) is 0 Å². The molecular weight excluding hydrogens is 460 g/mol. The Labute approximate surface area is 198 Å². The van der Waals surface area contributed by atoms with E-state index in [2.05, 4.69) is 10.6 Å². The van der Waals surface area contributed by atoms with Gasteiger partial charge in [0.1, 0.15) is 5.75 Å². The van der Waals surface area contributed by atoms with Crippen LogP contribution in [0.4, 0.5) is 21.9 Å². The third-order valence-electron chi connectivity index (χ3n) is 5.46. The van der Waals surface area contributed by atoms with Crippen molar-refractivity contribution in [3.05, 3.63) is 47.5 Å². The lowest BCUT2D eigenvalue weighted by atomic mass is 9.84. The van der Waals surface area contributed by atoms with Gasteiger partial charge >= 0.3 is 6.03 Å². The summed E-state index contributed by atoms with van der Waals surface area (Å²) in [6.07, 6.45) is 1.20. The Morgan fingerprint density at radius 3 is 2.29 bits per heavy atom. The van der Waals surface area contributed by atoms with Gasteiger partial charge in [0.15, 0.2) is 0 Å². The highest BCUT2D eigenvalue weighted by Gasteiger charge is 2.31. The van der Waals surface area contributed by atoms with E-state index in [4.69, 9.17) is 0 Å². The average Bonchev–Trinajstić information content (AvgIpc) is 2.73. The SMILES string of the molecule is CN(c1ccc(NC(=O)c2cc(N3C(=O)CCNC3=O)cc(C(C)(C)C)c2O)cc1)S(C)(=O)=O. The standard InChI is InChI=1S/C23H28N4O6S/c1-23(2,3)18-13-16(27-19(28)10-11-24-22(27)31)12-17(20(18)29)21(30)25-14-6-8-15(9-7-14)26(4)34(5,32)33/h6-9,12-13,29H,10-11H2,1-5H3,(H,24,31)(H,25,30). The van der Waals surface area contributed by atoms with Gasteiger partial charge in [-0.05, 0) is 41.8 Å². The van der Waals surface area contributed by atoms with E-state index in [1.54, 1.807) is 0 Å². The third kappa shape index (κ3) is 5.14. The van der Waals surface area contributed by atoms with Gasteiger partial charge in [0.05, 0.1) is 23.2 Å². The number of carbonyl (C=O) groups is 3. The lowest BCUT2D eigenvalue weighted by molar-refractivity contribution is -0.118. The highest BCUT2D eigenvalue weighted by molar-refractivity contribution is 7.92. The molecule has 11 heteroatoms. The molecule has 0 atom stereocenters. The molecule has 2 aromatic rings. The van der Waals surface area contributed by atoms with Crippen LogP contribution in [0.15, 0.2) is 36.4 Å². The highest BCUT2D eigenvalue weighted by atomic mass is 32.2. The van der Waals surface area contributed by atoms with Crippen LogP contribution in [-0.4, -0.2) is 51.2 Å². The monoisotopic (exact) mass is 488 g/mol. The van der Waals surface area contributed by atoms with E-state index in [1.807, 2.05) is 20.8 Å². The molecule has 3 N–H and O–H groups in total. The van der Waals surface area contributed by atoms with E-state index >= 15 is 0 Å². The van der Waals surface area contributed by atoms with Gasteiger partial charge in [-0.3, -0.25) is 13.9 Å². The van der Waals surface area contributed by atoms with Gasteiger partial charge in [0.2, 0.25) is 15.9 Å². The van der Waals surface area contributed by atoms with Crippen LogP contribution in [0.25, 0.3) is 0 Å². The third-order valence-corrected chi connectivity index (χ3v) is 6.67. The van der Waals surface area contributed by atoms with Crippen molar-refractivity contribution < 1.29 is 27.9 Å². The summed E-state index contributed by atoms with van der Waals surface area (Å²) >= 11 is 0. The number of benzene rings is 2. The number of urea groups is 1. The second kappa shape index (κ2) is 8.98. The molecule has 0 spiro atoms. The summed E-state index contributed by atoms with van der Waals surface area (Å²) < 4.78 is 24.5. The van der Waals surface area contributed by atoms with Crippen molar-refractivity contribution in [3.8, 4) is 5.75 Å². The fourth-order valence-electron chi connectivity index (χ4n) is 3.48. The number of carbonyl (C=O) groups excluding carboxylic acids is 3. The number of nitrogens with one attached hydrogen (secondary N) is 2. The van der Waals surface area contributed by atoms with Crippen LogP contribution in [-0.2, 0) is 20.2 Å². The molecule has 1 heterocycles. The summed E-state index contributed by atoms with van der Waals surface area (Å²) in [4.78, 5) is 38.9. The van der Waals surface area contributed by atoms with Crippen LogP contribution in [0.1, 0.15) is 43.1 Å². The molecule has 0 aliphatic carbocycles. The van der Waals surface area contributed by atoms with Crippen molar-refractivity contribution in [2.75, 3.05) is 34.4 Å². The van der Waals surface area contributed by atoms with Crippen LogP contribution in [0, 0.1) is 0 Å². The van der Waals surface area contributed by atoms with Crippen molar-refractivity contribution >= 4 is 44.9 Å². The number of imide groups is 1. The molecular formula is C23H28N4O6S. The second-order valence-electron chi connectivity index (χ2n) is 9.08. The normalized spacial score (nSPS) is 14.6. The lowest BCUT2D eigenvalue weighted by Gasteiger charge is -2.29. The number of hydrogen-bond acceptors (Lipinski definition) is 6. The van der Waals surface area contributed by atoms with Crippen LogP contribution >= 0.6 is 0 Å². The topological polar surface area (TPSA) is 136 Å². The van der Waals surface area contributed by atoms with Crippen LogP contribution < -0.4 is 19.8 Å². The Kier molecular flexibility index (Phi) is 6.61. The van der Waals surface area contributed by atoms with Crippen molar-refractivity contribution in [1.82, 2.24) is 5.32 Å². The lowest BCUT2D eigenvalue weighted by Crippen LogP contribution is -2.50. The van der Waals surface area contributed by atoms with Crippen LogP contribution in [0.3, 0.4) is 0 Å². The van der Waals surface area contributed by atoms with Crippen molar-refractivity contribution in [2.45, 2.75) is 32.6 Å². The van der Waals surface area contributed by atoms with Crippen molar-refractivity contribution in [1.29, 1.82) is 0 Å². The molecule has 1 aliphatic heterocycles. The minimum absolute atomic E-state index is 0.106. The first-order valence-electron chi connectivity index (χ1n) is 10.5. The fraction of sp³-hybridized carbons (Fsp3) is 0.348. The first kappa shape index (κ1) is 25.0. The summed E-state index contributed by atoms with van der Waals surface area (Å²) in [5, 5.41) is 16.2. The zero-order chi connectivity index (χ0) is 25.4. The number of anilines is 3. The molecule has 0 saturated carbocycles. The second-order valence-corrected chi connectivity index (χ2v) is 11.1. The molecule has 0 aromatic heterocycles. The zero-order valence-electron chi connectivity index (χ0n) is 19.7. The molecule has 0 unspecified atom stereocenters. The number of amides is 4. The van der Waals surface area contributed by atoms with Crippen LogP contribution in [0.2, 0.25) is 0 Å². The molecule has 1 fully saturated rings. The zero-order valence-corrected chi connectivity index (χ0v) is 20.5. The fourth-order valence-corrected chi connectivity index (χ4v) is 3.98. The number of phenols is 1.